The van der Waals surface area contributed by atoms with Crippen molar-refractivity contribution >= 4 is 11.9 Å². The van der Waals surface area contributed by atoms with Crippen molar-refractivity contribution in [2.45, 2.75) is 32.6 Å². The van der Waals surface area contributed by atoms with Gasteiger partial charge in [-0.2, -0.15) is 0 Å². The van der Waals surface area contributed by atoms with Crippen LogP contribution >= 0.6 is 0 Å². The van der Waals surface area contributed by atoms with Gasteiger partial charge in [0.25, 0.3) is 0 Å². The zero-order chi connectivity index (χ0) is 11.1. The maximum Gasteiger partial charge on any atom is 0.159 e. The largest absolute Gasteiger partial charge is 0.295 e. The van der Waals surface area contributed by atoms with Crippen LogP contribution in [0.3, 0.4) is 0 Å². The lowest BCUT2D eigenvalue weighted by atomic mass is 9.75. The number of ketones is 1. The second kappa shape index (κ2) is 3.34. The Morgan fingerprint density at radius 3 is 2.73 bits per heavy atom. The number of Topliss-reactive ketones (excluding diaryl/α,β-unsaturated/α-hetero) is 1. The first-order chi connectivity index (χ1) is 7.00. The Morgan fingerprint density at radius 1 is 1.33 bits per heavy atom. The number of allylic oxidation sites excluding steroid dienone is 1. The van der Waals surface area contributed by atoms with Crippen LogP contribution in [0.1, 0.15) is 48.7 Å². The van der Waals surface area contributed by atoms with Crippen molar-refractivity contribution in [2.75, 3.05) is 0 Å². The molecule has 0 atom stereocenters. The third-order valence-corrected chi connectivity index (χ3v) is 3.11. The minimum absolute atomic E-state index is 0.134. The average Bonchev–Trinajstić information content (AvgIpc) is 2.16. The summed E-state index contributed by atoms with van der Waals surface area (Å²) in [7, 11) is 0. The molecule has 0 heterocycles. The number of fused-ring (bicyclic) bond motifs is 1. The van der Waals surface area contributed by atoms with Crippen LogP contribution in [0.5, 0.6) is 0 Å². The molecule has 0 unspecified atom stereocenters. The molecule has 0 bridgehead atoms. The summed E-state index contributed by atoms with van der Waals surface area (Å²) in [6.07, 6.45) is 5.37. The van der Waals surface area contributed by atoms with Gasteiger partial charge in [-0.3, -0.25) is 4.79 Å². The van der Waals surface area contributed by atoms with E-state index >= 15 is 0 Å². The fourth-order valence-electron chi connectivity index (χ4n) is 2.13. The van der Waals surface area contributed by atoms with Crippen molar-refractivity contribution in [1.82, 2.24) is 0 Å². The topological polar surface area (TPSA) is 17.1 Å². The van der Waals surface area contributed by atoms with Crippen LogP contribution in [-0.4, -0.2) is 5.78 Å². The molecule has 1 aliphatic carbocycles. The summed E-state index contributed by atoms with van der Waals surface area (Å²) in [5.74, 6) is 0.134. The van der Waals surface area contributed by atoms with Crippen LogP contribution in [0.15, 0.2) is 24.3 Å². The molecule has 0 amide bonds. The van der Waals surface area contributed by atoms with Gasteiger partial charge in [0.1, 0.15) is 0 Å². The van der Waals surface area contributed by atoms with Crippen molar-refractivity contribution in [3.8, 4) is 0 Å². The third kappa shape index (κ3) is 1.74. The number of benzene rings is 1. The molecule has 0 aromatic heterocycles. The molecule has 0 radical (unpaired) electrons. The summed E-state index contributed by atoms with van der Waals surface area (Å²) < 4.78 is 0. The molecule has 0 spiro atoms. The molecule has 1 nitrogen and oxygen atoms in total. The predicted molar refractivity (Wildman–Crippen MR) is 63.1 cm³/mol. The van der Waals surface area contributed by atoms with E-state index in [4.69, 9.17) is 0 Å². The van der Waals surface area contributed by atoms with E-state index in [1.807, 2.05) is 12.1 Å². The Balaban J connectivity index is 2.56. The average molecular weight is 200 g/mol. The molecule has 0 saturated carbocycles. The molecule has 1 aromatic rings. The van der Waals surface area contributed by atoms with Crippen LogP contribution in [0, 0.1) is 0 Å². The molecule has 15 heavy (non-hydrogen) atoms. The highest BCUT2D eigenvalue weighted by Crippen LogP contribution is 2.35. The van der Waals surface area contributed by atoms with Gasteiger partial charge >= 0.3 is 0 Å². The lowest BCUT2D eigenvalue weighted by Crippen LogP contribution is -2.20. The number of hydrogen-bond acceptors (Lipinski definition) is 1. The van der Waals surface area contributed by atoms with Crippen molar-refractivity contribution in [3.05, 3.63) is 41.0 Å². The minimum Gasteiger partial charge on any atom is -0.295 e. The van der Waals surface area contributed by atoms with Crippen molar-refractivity contribution < 1.29 is 4.79 Å². The smallest absolute Gasteiger partial charge is 0.159 e. The lowest BCUT2D eigenvalue weighted by molar-refractivity contribution is 0.101. The van der Waals surface area contributed by atoms with E-state index in [1.165, 1.54) is 11.1 Å². The monoisotopic (exact) mass is 200 g/mol. The maximum atomic E-state index is 11.3. The first-order valence-corrected chi connectivity index (χ1v) is 5.33. The van der Waals surface area contributed by atoms with Gasteiger partial charge in [0, 0.05) is 5.56 Å². The zero-order valence-corrected chi connectivity index (χ0v) is 9.50. The normalized spacial score (nSPS) is 17.3. The molecule has 1 heteroatoms. The molecule has 0 fully saturated rings. The fourth-order valence-corrected chi connectivity index (χ4v) is 2.13. The highest BCUT2D eigenvalue weighted by atomic mass is 16.1. The van der Waals surface area contributed by atoms with E-state index in [1.54, 1.807) is 6.92 Å². The number of rotatable bonds is 1. The SMILES string of the molecule is CC(=O)c1ccc2c(c1)C=CCC2(C)C. The summed E-state index contributed by atoms with van der Waals surface area (Å²) >= 11 is 0. The summed E-state index contributed by atoms with van der Waals surface area (Å²) in [5.41, 5.74) is 3.53. The summed E-state index contributed by atoms with van der Waals surface area (Å²) in [4.78, 5) is 11.3. The molecule has 78 valence electrons. The minimum atomic E-state index is 0.134. The van der Waals surface area contributed by atoms with Gasteiger partial charge in [-0.15, -0.1) is 0 Å². The van der Waals surface area contributed by atoms with E-state index in [0.29, 0.717) is 0 Å². The van der Waals surface area contributed by atoms with Gasteiger partial charge in [0.05, 0.1) is 0 Å². The second-order valence-corrected chi connectivity index (χ2v) is 4.85. The number of hydrogen-bond donors (Lipinski definition) is 0. The Kier molecular flexibility index (Phi) is 2.26. The Hall–Kier alpha value is -1.37. The van der Waals surface area contributed by atoms with Gasteiger partial charge < -0.3 is 0 Å². The standard InChI is InChI=1S/C14H16O/c1-10(15)11-6-7-13-12(9-11)5-4-8-14(13,2)3/h4-7,9H,8H2,1-3H3. The maximum absolute atomic E-state index is 11.3. The van der Waals surface area contributed by atoms with E-state index < -0.39 is 0 Å². The summed E-state index contributed by atoms with van der Waals surface area (Å²) in [6, 6.07) is 6.02. The lowest BCUT2D eigenvalue weighted by Gasteiger charge is -2.29. The van der Waals surface area contributed by atoms with Crippen LogP contribution in [0.2, 0.25) is 0 Å². The van der Waals surface area contributed by atoms with E-state index in [0.717, 1.165) is 12.0 Å². The molecular formula is C14H16O. The van der Waals surface area contributed by atoms with E-state index in [2.05, 4.69) is 32.1 Å². The third-order valence-electron chi connectivity index (χ3n) is 3.11. The van der Waals surface area contributed by atoms with Gasteiger partial charge in [0.2, 0.25) is 0 Å². The molecule has 1 aromatic carbocycles. The summed E-state index contributed by atoms with van der Waals surface area (Å²) in [6.45, 7) is 6.09. The van der Waals surface area contributed by atoms with Crippen LogP contribution < -0.4 is 0 Å². The molecule has 2 rings (SSSR count). The van der Waals surface area contributed by atoms with Gasteiger partial charge in [-0.25, -0.2) is 0 Å². The van der Waals surface area contributed by atoms with Crippen molar-refractivity contribution in [1.29, 1.82) is 0 Å². The summed E-state index contributed by atoms with van der Waals surface area (Å²) in [5, 5.41) is 0. The Labute approximate surface area is 90.8 Å². The zero-order valence-electron chi connectivity index (χ0n) is 9.50. The van der Waals surface area contributed by atoms with Crippen LogP contribution in [-0.2, 0) is 5.41 Å². The quantitative estimate of drug-likeness (QED) is 0.633. The number of carbonyl (C=O) groups is 1. The molecule has 0 N–H and O–H groups in total. The highest BCUT2D eigenvalue weighted by molar-refractivity contribution is 5.94. The first kappa shape index (κ1) is 10.2. The molecular weight excluding hydrogens is 184 g/mol. The van der Waals surface area contributed by atoms with Crippen molar-refractivity contribution in [2.24, 2.45) is 0 Å². The second-order valence-electron chi connectivity index (χ2n) is 4.85. The van der Waals surface area contributed by atoms with Gasteiger partial charge in [-0.05, 0) is 36.0 Å². The van der Waals surface area contributed by atoms with E-state index in [-0.39, 0.29) is 11.2 Å². The Morgan fingerprint density at radius 2 is 2.07 bits per heavy atom. The first-order valence-electron chi connectivity index (χ1n) is 5.33. The molecule has 0 aliphatic heterocycles. The molecule has 0 saturated heterocycles. The van der Waals surface area contributed by atoms with E-state index in [9.17, 15) is 4.79 Å². The highest BCUT2D eigenvalue weighted by Gasteiger charge is 2.24. The van der Waals surface area contributed by atoms with Crippen molar-refractivity contribution in [3.63, 3.8) is 0 Å². The Bertz CT molecular complexity index is 439. The van der Waals surface area contributed by atoms with Crippen LogP contribution in [0.25, 0.3) is 6.08 Å². The van der Waals surface area contributed by atoms with Gasteiger partial charge in [0.15, 0.2) is 5.78 Å². The number of carbonyl (C=O) groups excluding carboxylic acids is 1. The van der Waals surface area contributed by atoms with Crippen LogP contribution in [0.4, 0.5) is 0 Å². The molecule has 1 aliphatic rings. The fraction of sp³-hybridized carbons (Fsp3) is 0.357. The van der Waals surface area contributed by atoms with Gasteiger partial charge in [-0.1, -0.05) is 38.1 Å². The predicted octanol–water partition coefficient (Wildman–Crippen LogP) is 3.58.